The molecule has 0 rings (SSSR count). The average Bonchev–Trinajstić information content (AvgIpc) is 3.23. The van der Waals surface area contributed by atoms with Gasteiger partial charge in [0.05, 0.1) is 0 Å². The maximum Gasteiger partial charge on any atom is 0.306 e. The fourth-order valence-electron chi connectivity index (χ4n) is 7.00. The predicted molar refractivity (Wildman–Crippen MR) is 252 cm³/mol. The van der Waals surface area contributed by atoms with Crippen LogP contribution in [0, 0.1) is 0 Å². The smallest absolute Gasteiger partial charge is 0.306 e. The van der Waals surface area contributed by atoms with Gasteiger partial charge in [-0.2, -0.15) is 0 Å². The fourth-order valence-corrected chi connectivity index (χ4v) is 7.00. The Hall–Kier alpha value is -2.63. The summed E-state index contributed by atoms with van der Waals surface area (Å²) in [4.78, 5) is 37.8. The minimum absolute atomic E-state index is 0.0961. The molecule has 1 atom stereocenters. The van der Waals surface area contributed by atoms with Crippen molar-refractivity contribution in [1.29, 1.82) is 0 Å². The van der Waals surface area contributed by atoms with E-state index in [1.807, 2.05) is 6.08 Å². The molecular formula is C53H94O6. The van der Waals surface area contributed by atoms with Crippen molar-refractivity contribution in [2.75, 3.05) is 13.2 Å². The van der Waals surface area contributed by atoms with Gasteiger partial charge in [0, 0.05) is 19.3 Å². The third-order valence-corrected chi connectivity index (χ3v) is 10.8. The molecule has 0 bridgehead atoms. The third kappa shape index (κ3) is 46.3. The Morgan fingerprint density at radius 2 is 0.644 bits per heavy atom. The van der Waals surface area contributed by atoms with Gasteiger partial charge in [-0.05, 0) is 70.6 Å². The van der Waals surface area contributed by atoms with Gasteiger partial charge < -0.3 is 14.2 Å². The summed E-state index contributed by atoms with van der Waals surface area (Å²) < 4.78 is 16.7. The van der Waals surface area contributed by atoms with Gasteiger partial charge in [0.1, 0.15) is 13.2 Å². The number of carbonyl (C=O) groups is 3. The Bertz CT molecular complexity index is 1040. The number of carbonyl (C=O) groups excluding carboxylic acids is 3. The van der Waals surface area contributed by atoms with E-state index >= 15 is 0 Å². The molecule has 6 nitrogen and oxygen atoms in total. The molecule has 0 saturated heterocycles. The van der Waals surface area contributed by atoms with Crippen LogP contribution in [-0.4, -0.2) is 37.2 Å². The van der Waals surface area contributed by atoms with E-state index in [-0.39, 0.29) is 37.5 Å². The first kappa shape index (κ1) is 56.4. The van der Waals surface area contributed by atoms with Gasteiger partial charge in [-0.15, -0.1) is 0 Å². The molecule has 6 heteroatoms. The fraction of sp³-hybridized carbons (Fsp3) is 0.792. The van der Waals surface area contributed by atoms with Crippen LogP contribution in [0.25, 0.3) is 0 Å². The van der Waals surface area contributed by atoms with E-state index in [0.717, 1.165) is 64.2 Å². The zero-order valence-electron chi connectivity index (χ0n) is 39.0. The summed E-state index contributed by atoms with van der Waals surface area (Å²) in [7, 11) is 0. The monoisotopic (exact) mass is 827 g/mol. The Morgan fingerprint density at radius 3 is 1.03 bits per heavy atom. The zero-order chi connectivity index (χ0) is 43.0. The van der Waals surface area contributed by atoms with Gasteiger partial charge >= 0.3 is 17.9 Å². The minimum Gasteiger partial charge on any atom is -0.462 e. The van der Waals surface area contributed by atoms with Crippen LogP contribution < -0.4 is 0 Å². The number of rotatable bonds is 45. The molecule has 0 aliphatic heterocycles. The van der Waals surface area contributed by atoms with E-state index in [4.69, 9.17) is 14.2 Å². The summed E-state index contributed by atoms with van der Waals surface area (Å²) in [6.45, 7) is 6.55. The van der Waals surface area contributed by atoms with Crippen LogP contribution in [0.1, 0.15) is 252 Å². The summed E-state index contributed by atoms with van der Waals surface area (Å²) in [5, 5.41) is 0. The molecule has 0 aromatic heterocycles. The Morgan fingerprint density at radius 1 is 0.339 bits per heavy atom. The van der Waals surface area contributed by atoms with Crippen LogP contribution in [0.3, 0.4) is 0 Å². The van der Waals surface area contributed by atoms with Crippen LogP contribution >= 0.6 is 0 Å². The molecule has 0 amide bonds. The lowest BCUT2D eigenvalue weighted by molar-refractivity contribution is -0.166. The number of allylic oxidation sites excluding steroid dienone is 8. The number of esters is 3. The maximum atomic E-state index is 12.7. The van der Waals surface area contributed by atoms with E-state index in [1.54, 1.807) is 0 Å². The van der Waals surface area contributed by atoms with Crippen LogP contribution in [0.4, 0.5) is 0 Å². The van der Waals surface area contributed by atoms with Gasteiger partial charge in [-0.3, -0.25) is 14.4 Å². The first-order valence-electron chi connectivity index (χ1n) is 25.1. The average molecular weight is 827 g/mol. The Kier molecular flexibility index (Phi) is 45.9. The van der Waals surface area contributed by atoms with E-state index in [9.17, 15) is 14.4 Å². The molecule has 0 saturated carbocycles. The van der Waals surface area contributed by atoms with Crippen molar-refractivity contribution < 1.29 is 28.6 Å². The highest BCUT2D eigenvalue weighted by Gasteiger charge is 2.19. The maximum absolute atomic E-state index is 12.7. The molecule has 0 N–H and O–H groups in total. The van der Waals surface area contributed by atoms with Crippen molar-refractivity contribution >= 4 is 17.9 Å². The molecule has 0 spiro atoms. The van der Waals surface area contributed by atoms with Gasteiger partial charge in [-0.25, -0.2) is 0 Å². The Labute approximate surface area is 365 Å². The van der Waals surface area contributed by atoms with Crippen molar-refractivity contribution in [2.24, 2.45) is 0 Å². The van der Waals surface area contributed by atoms with Crippen molar-refractivity contribution in [1.82, 2.24) is 0 Å². The number of ether oxygens (including phenoxy) is 3. The molecule has 0 aliphatic carbocycles. The molecule has 0 aromatic carbocycles. The van der Waals surface area contributed by atoms with Gasteiger partial charge in [0.25, 0.3) is 0 Å². The highest BCUT2D eigenvalue weighted by molar-refractivity contribution is 5.71. The first-order valence-corrected chi connectivity index (χ1v) is 25.1. The summed E-state index contributed by atoms with van der Waals surface area (Å²) in [5.74, 6) is -0.969. The van der Waals surface area contributed by atoms with Gasteiger partial charge in [0.2, 0.25) is 0 Å². The van der Waals surface area contributed by atoms with E-state index in [2.05, 4.69) is 63.3 Å². The molecule has 0 aromatic rings. The highest BCUT2D eigenvalue weighted by atomic mass is 16.6. The summed E-state index contributed by atoms with van der Waals surface area (Å²) in [6, 6.07) is 0. The van der Waals surface area contributed by atoms with Gasteiger partial charge in [-0.1, -0.05) is 211 Å². The second-order valence-corrected chi connectivity index (χ2v) is 16.7. The quantitative estimate of drug-likeness (QED) is 0.0263. The number of hydrogen-bond acceptors (Lipinski definition) is 6. The molecule has 59 heavy (non-hydrogen) atoms. The third-order valence-electron chi connectivity index (χ3n) is 10.8. The van der Waals surface area contributed by atoms with Crippen molar-refractivity contribution in [3.05, 3.63) is 48.6 Å². The molecule has 1 unspecified atom stereocenters. The second-order valence-electron chi connectivity index (χ2n) is 16.7. The van der Waals surface area contributed by atoms with Crippen LogP contribution in [0.2, 0.25) is 0 Å². The molecule has 0 heterocycles. The lowest BCUT2D eigenvalue weighted by Crippen LogP contribution is -2.30. The molecule has 0 aliphatic rings. The van der Waals surface area contributed by atoms with Crippen LogP contribution in [0.15, 0.2) is 48.6 Å². The largest absolute Gasteiger partial charge is 0.462 e. The Balaban J connectivity index is 4.41. The van der Waals surface area contributed by atoms with Crippen molar-refractivity contribution in [3.8, 4) is 0 Å². The zero-order valence-corrected chi connectivity index (χ0v) is 39.0. The van der Waals surface area contributed by atoms with E-state index < -0.39 is 6.10 Å². The molecular weight excluding hydrogens is 733 g/mol. The van der Waals surface area contributed by atoms with Crippen LogP contribution in [0.5, 0.6) is 0 Å². The standard InChI is InChI=1S/C53H94O6/c1-4-7-10-13-16-19-22-24-25-26-27-29-31-34-37-40-43-46-52(55)58-49-50(48-57-51(54)45-42-39-36-33-30-21-18-15-12-9-6-3)59-53(56)47-44-41-38-35-32-28-23-20-17-14-11-8-5-2/h16,19,24-25,28,32,38,41,50H,4-15,17-18,20-23,26-27,29-31,33-37,39-40,42-49H2,1-3H3/b19-16-,25-24-,32-28-,41-38-. The van der Waals surface area contributed by atoms with Crippen LogP contribution in [-0.2, 0) is 28.6 Å². The number of hydrogen-bond donors (Lipinski definition) is 0. The van der Waals surface area contributed by atoms with Gasteiger partial charge in [0.15, 0.2) is 6.10 Å². The van der Waals surface area contributed by atoms with Crippen molar-refractivity contribution in [3.63, 3.8) is 0 Å². The number of unbranched alkanes of at least 4 members (excludes halogenated alkanes) is 26. The summed E-state index contributed by atoms with van der Waals surface area (Å²) in [6.07, 6.45) is 56.7. The summed E-state index contributed by atoms with van der Waals surface area (Å²) in [5.41, 5.74) is 0. The molecule has 0 fully saturated rings. The normalized spacial score (nSPS) is 12.4. The predicted octanol–water partition coefficient (Wildman–Crippen LogP) is 16.3. The highest BCUT2D eigenvalue weighted by Crippen LogP contribution is 2.14. The van der Waals surface area contributed by atoms with Crippen molar-refractivity contribution in [2.45, 2.75) is 258 Å². The molecule has 0 radical (unpaired) electrons. The van der Waals surface area contributed by atoms with E-state index in [0.29, 0.717) is 19.3 Å². The topological polar surface area (TPSA) is 78.9 Å². The minimum atomic E-state index is -0.802. The SMILES string of the molecule is CCCCC/C=C\C/C=C\CCCCCCCCCC(=O)OCC(COC(=O)CCCCCCCCCCCCC)OC(=O)CC/C=C\C/C=C\CCCCCCCC. The van der Waals surface area contributed by atoms with E-state index in [1.165, 1.54) is 141 Å². The summed E-state index contributed by atoms with van der Waals surface area (Å²) >= 11 is 0. The first-order chi connectivity index (χ1) is 29.0. The lowest BCUT2D eigenvalue weighted by atomic mass is 10.1. The lowest BCUT2D eigenvalue weighted by Gasteiger charge is -2.18. The molecule has 342 valence electrons. The second kappa shape index (κ2) is 48.0.